The molecule has 0 unspecified atom stereocenters. The van der Waals surface area contributed by atoms with Crippen LogP contribution in [0.2, 0.25) is 0 Å². The number of nitrogens with two attached hydrogens (primary N) is 2. The van der Waals surface area contributed by atoms with Crippen molar-refractivity contribution in [1.29, 1.82) is 0 Å². The fraction of sp³-hybridized carbons (Fsp3) is 0.412. The summed E-state index contributed by atoms with van der Waals surface area (Å²) >= 11 is 0. The Morgan fingerprint density at radius 3 is 2.67 bits per heavy atom. The number of nitrogens with zero attached hydrogens (tertiary/aromatic N) is 4. The van der Waals surface area contributed by atoms with Gasteiger partial charge in [0.1, 0.15) is 5.70 Å². The maximum Gasteiger partial charge on any atom is 0.389 e. The second-order valence-electron chi connectivity index (χ2n) is 6.31. The third-order valence-corrected chi connectivity index (χ3v) is 4.02. The molecule has 0 bridgehead atoms. The van der Waals surface area contributed by atoms with Gasteiger partial charge >= 0.3 is 6.18 Å². The van der Waals surface area contributed by atoms with Gasteiger partial charge in [0.2, 0.25) is 5.91 Å². The zero-order chi connectivity index (χ0) is 22.3. The lowest BCUT2D eigenvalue weighted by Gasteiger charge is -2.18. The first-order valence-corrected chi connectivity index (χ1v) is 9.02. The summed E-state index contributed by atoms with van der Waals surface area (Å²) < 4.78 is 37.9. The average Bonchev–Trinajstić information content (AvgIpc) is 3.11. The van der Waals surface area contributed by atoms with E-state index in [4.69, 9.17) is 11.6 Å². The number of rotatable bonds is 9. The molecule has 0 fully saturated rings. The van der Waals surface area contributed by atoms with Gasteiger partial charge in [0.05, 0.1) is 31.1 Å². The number of hydrogen-bond donors (Lipinski definition) is 4. The number of likely N-dealkylation sites (N-methyl/N-ethyl adjacent to an activating group) is 1. The summed E-state index contributed by atoms with van der Waals surface area (Å²) in [6.07, 6.45) is -2.01. The largest absolute Gasteiger partial charge is 0.403 e. The van der Waals surface area contributed by atoms with Gasteiger partial charge in [-0.3, -0.25) is 9.59 Å². The minimum atomic E-state index is -4.38. The van der Waals surface area contributed by atoms with Crippen LogP contribution in [0, 0.1) is 0 Å². The Bertz CT molecular complexity index is 925. The molecule has 2 amide bonds. The van der Waals surface area contributed by atoms with Crippen molar-refractivity contribution >= 4 is 17.5 Å². The van der Waals surface area contributed by atoms with E-state index >= 15 is 0 Å². The summed E-state index contributed by atoms with van der Waals surface area (Å²) in [5.74, 6) is 4.51. The first kappa shape index (κ1) is 22.9. The zero-order valence-corrected chi connectivity index (χ0v) is 16.2. The highest BCUT2D eigenvalue weighted by Gasteiger charge is 2.27. The highest BCUT2D eigenvalue weighted by atomic mass is 19.4. The van der Waals surface area contributed by atoms with Gasteiger partial charge in [0.25, 0.3) is 5.91 Å². The van der Waals surface area contributed by atoms with Gasteiger partial charge in [-0.1, -0.05) is 0 Å². The standard InChI is InChI=1S/C17H23F3N8O2/c1-2-27(22)13(6-21)16(30)24-9-12-10-28-14(26-12)5-11(8-25-28)7-23-15(29)3-4-17(18,19)20/h5-6,8,10H,2-4,7,9,21-22H2,1H3,(H,23,29)(H,24,30)/b13-6-. The molecule has 10 nitrogen and oxygen atoms in total. The molecule has 6 N–H and O–H groups in total. The van der Waals surface area contributed by atoms with Crippen molar-refractivity contribution < 1.29 is 22.8 Å². The number of nitrogens with one attached hydrogen (secondary N) is 2. The molecule has 0 aliphatic carbocycles. The fourth-order valence-electron chi connectivity index (χ4n) is 2.42. The van der Waals surface area contributed by atoms with Gasteiger partial charge in [-0.15, -0.1) is 0 Å². The number of carbonyl (C=O) groups is 2. The van der Waals surface area contributed by atoms with Crippen LogP contribution < -0.4 is 22.2 Å². The van der Waals surface area contributed by atoms with Gasteiger partial charge in [-0.05, 0) is 18.6 Å². The van der Waals surface area contributed by atoms with E-state index in [0.29, 0.717) is 23.4 Å². The molecule has 2 rings (SSSR count). The van der Waals surface area contributed by atoms with Gasteiger partial charge < -0.3 is 21.4 Å². The van der Waals surface area contributed by atoms with E-state index in [1.807, 2.05) is 0 Å². The Labute approximate surface area is 170 Å². The molecule has 0 aliphatic rings. The number of fused-ring (bicyclic) bond motifs is 1. The number of amides is 2. The minimum absolute atomic E-state index is 0.0210. The van der Waals surface area contributed by atoms with Crippen LogP contribution in [0.15, 0.2) is 30.4 Å². The van der Waals surface area contributed by atoms with Gasteiger partial charge in [-0.2, -0.15) is 18.3 Å². The highest BCUT2D eigenvalue weighted by Crippen LogP contribution is 2.21. The van der Waals surface area contributed by atoms with E-state index in [-0.39, 0.29) is 18.8 Å². The number of alkyl halides is 3. The summed E-state index contributed by atoms with van der Waals surface area (Å²) in [5.41, 5.74) is 7.07. The van der Waals surface area contributed by atoms with Crippen LogP contribution in [0.5, 0.6) is 0 Å². The Morgan fingerprint density at radius 1 is 1.30 bits per heavy atom. The molecule has 2 aromatic rings. The summed E-state index contributed by atoms with van der Waals surface area (Å²) in [4.78, 5) is 28.0. The monoisotopic (exact) mass is 428 g/mol. The van der Waals surface area contributed by atoms with Crippen molar-refractivity contribution in [3.8, 4) is 0 Å². The van der Waals surface area contributed by atoms with E-state index in [9.17, 15) is 22.8 Å². The lowest BCUT2D eigenvalue weighted by atomic mass is 10.2. The van der Waals surface area contributed by atoms with Crippen LogP contribution in [0.4, 0.5) is 13.2 Å². The number of hydrogen-bond acceptors (Lipinski definition) is 7. The molecule has 0 radical (unpaired) electrons. The Morgan fingerprint density at radius 2 is 2.03 bits per heavy atom. The molecule has 0 saturated heterocycles. The molecule has 13 heteroatoms. The SMILES string of the molecule is CCN(N)/C(=C\N)C(=O)NCc1cn2ncc(CNC(=O)CCC(F)(F)F)cc2n1. The van der Waals surface area contributed by atoms with Gasteiger partial charge in [0.15, 0.2) is 5.65 Å². The number of halogens is 3. The summed E-state index contributed by atoms with van der Waals surface area (Å²) in [6.45, 7) is 2.28. The predicted molar refractivity (Wildman–Crippen MR) is 101 cm³/mol. The minimum Gasteiger partial charge on any atom is -0.403 e. The predicted octanol–water partition coefficient (Wildman–Crippen LogP) is 0.300. The summed E-state index contributed by atoms with van der Waals surface area (Å²) in [7, 11) is 0. The van der Waals surface area contributed by atoms with E-state index < -0.39 is 30.8 Å². The molecule has 30 heavy (non-hydrogen) atoms. The molecule has 0 aliphatic heterocycles. The van der Waals surface area contributed by atoms with E-state index in [1.54, 1.807) is 19.2 Å². The topological polar surface area (TPSA) is 144 Å². The lowest BCUT2D eigenvalue weighted by Crippen LogP contribution is -2.39. The molecular weight excluding hydrogens is 405 g/mol. The van der Waals surface area contributed by atoms with Crippen LogP contribution in [0.1, 0.15) is 31.0 Å². The Kier molecular flexibility index (Phi) is 7.58. The van der Waals surface area contributed by atoms with Crippen molar-refractivity contribution in [2.24, 2.45) is 11.6 Å². The van der Waals surface area contributed by atoms with Crippen molar-refractivity contribution in [2.75, 3.05) is 6.54 Å². The lowest BCUT2D eigenvalue weighted by molar-refractivity contribution is -0.144. The van der Waals surface area contributed by atoms with E-state index in [2.05, 4.69) is 20.7 Å². The van der Waals surface area contributed by atoms with Crippen molar-refractivity contribution in [3.63, 3.8) is 0 Å². The maximum atomic E-state index is 12.1. The van der Waals surface area contributed by atoms with Crippen LogP contribution >= 0.6 is 0 Å². The van der Waals surface area contributed by atoms with Gasteiger partial charge in [0, 0.05) is 25.7 Å². The van der Waals surface area contributed by atoms with Crippen LogP contribution in [-0.4, -0.2) is 44.1 Å². The molecule has 0 spiro atoms. The quantitative estimate of drug-likeness (QED) is 0.255. The maximum absolute atomic E-state index is 12.1. The van der Waals surface area contributed by atoms with Crippen molar-refractivity contribution in [1.82, 2.24) is 30.2 Å². The van der Waals surface area contributed by atoms with Crippen molar-refractivity contribution in [2.45, 2.75) is 39.0 Å². The third-order valence-electron chi connectivity index (χ3n) is 4.02. The smallest absolute Gasteiger partial charge is 0.389 e. The van der Waals surface area contributed by atoms with Crippen LogP contribution in [0.25, 0.3) is 5.65 Å². The Hall–Kier alpha value is -3.35. The molecule has 0 saturated carbocycles. The Balaban J connectivity index is 1.94. The molecule has 164 valence electrons. The number of hydrazine groups is 1. The zero-order valence-electron chi connectivity index (χ0n) is 16.2. The number of imidazole rings is 1. The molecule has 2 aromatic heterocycles. The van der Waals surface area contributed by atoms with Crippen LogP contribution in [0.3, 0.4) is 0 Å². The second kappa shape index (κ2) is 9.91. The molecular formula is C17H23F3N8O2. The average molecular weight is 428 g/mol. The first-order chi connectivity index (χ1) is 14.1. The first-order valence-electron chi connectivity index (χ1n) is 9.02. The summed E-state index contributed by atoms with van der Waals surface area (Å²) in [6, 6.07) is 1.63. The van der Waals surface area contributed by atoms with Crippen LogP contribution in [-0.2, 0) is 22.7 Å². The van der Waals surface area contributed by atoms with Crippen molar-refractivity contribution in [3.05, 3.63) is 41.6 Å². The number of aromatic nitrogens is 3. The molecule has 0 aromatic carbocycles. The molecule has 0 atom stereocenters. The number of carbonyl (C=O) groups excluding carboxylic acids is 2. The fourth-order valence-corrected chi connectivity index (χ4v) is 2.42. The van der Waals surface area contributed by atoms with E-state index in [1.165, 1.54) is 15.7 Å². The summed E-state index contributed by atoms with van der Waals surface area (Å²) in [5, 5.41) is 10.4. The molecule has 2 heterocycles. The van der Waals surface area contributed by atoms with Gasteiger partial charge in [-0.25, -0.2) is 15.3 Å². The third kappa shape index (κ3) is 6.62. The van der Waals surface area contributed by atoms with E-state index in [0.717, 1.165) is 6.20 Å². The normalized spacial score (nSPS) is 12.1. The second-order valence-corrected chi connectivity index (χ2v) is 6.31. The highest BCUT2D eigenvalue weighted by molar-refractivity contribution is 5.92.